The number of nitrogens with one attached hydrogen (secondary N) is 1. The van der Waals surface area contributed by atoms with Crippen LogP contribution < -0.4 is 5.49 Å². The van der Waals surface area contributed by atoms with E-state index in [1.54, 1.807) is 0 Å². The van der Waals surface area contributed by atoms with Gasteiger partial charge in [0, 0.05) is 0 Å². The third-order valence-corrected chi connectivity index (χ3v) is 4.24. The molecule has 3 rings (SSSR count). The fourth-order valence-electron chi connectivity index (χ4n) is 2.80. The molecule has 1 aliphatic heterocycles. The highest BCUT2D eigenvalue weighted by molar-refractivity contribution is 5.73. The van der Waals surface area contributed by atoms with Crippen molar-refractivity contribution >= 4 is 17.1 Å². The number of hydrogen-bond acceptors (Lipinski definition) is 8. The van der Waals surface area contributed by atoms with E-state index >= 15 is 0 Å². The molecule has 0 amide bonds. The minimum absolute atomic E-state index is 0.303. The summed E-state index contributed by atoms with van der Waals surface area (Å²) in [5, 5.41) is 39.3. The molecule has 0 spiro atoms. The number of fused-ring (bicyclic) bond motifs is 1. The van der Waals surface area contributed by atoms with Gasteiger partial charge in [-0.3, -0.25) is 9.56 Å². The maximum absolute atomic E-state index is 11.3. The summed E-state index contributed by atoms with van der Waals surface area (Å²) in [6.07, 6.45) is -3.47. The molecular formula is C16H21N5O6. The lowest BCUT2D eigenvalue weighted by molar-refractivity contribution is -0.246. The molecule has 1 aliphatic rings. The van der Waals surface area contributed by atoms with Gasteiger partial charge in [0.25, 0.3) is 0 Å². The summed E-state index contributed by atoms with van der Waals surface area (Å²) in [6.45, 7) is 4.32. The zero-order chi connectivity index (χ0) is 19.7. The normalized spacial score (nSPS) is 29.1. The average molecular weight is 379 g/mol. The van der Waals surface area contributed by atoms with E-state index in [0.29, 0.717) is 23.2 Å². The van der Waals surface area contributed by atoms with E-state index in [-0.39, 0.29) is 0 Å². The minimum Gasteiger partial charge on any atom is -0.479 e. The number of aromatic nitrogens is 4. The highest BCUT2D eigenvalue weighted by Gasteiger charge is 2.47. The van der Waals surface area contributed by atoms with Gasteiger partial charge in [0.2, 0.25) is 0 Å². The first-order valence-electron chi connectivity index (χ1n) is 8.27. The van der Waals surface area contributed by atoms with Crippen molar-refractivity contribution in [2.45, 2.75) is 44.5 Å². The van der Waals surface area contributed by atoms with E-state index in [1.165, 1.54) is 17.2 Å². The Hall–Kier alpha value is -2.60. The van der Waals surface area contributed by atoms with Gasteiger partial charge in [0.05, 0.1) is 12.9 Å². The molecule has 0 unspecified atom stereocenters. The summed E-state index contributed by atoms with van der Waals surface area (Å²) in [7, 11) is 0. The van der Waals surface area contributed by atoms with Crippen LogP contribution in [0.2, 0.25) is 0 Å². The molecule has 3 heterocycles. The van der Waals surface area contributed by atoms with E-state index in [4.69, 9.17) is 4.74 Å². The molecule has 0 aliphatic carbocycles. The number of aliphatic carboxylic acids is 1. The lowest BCUT2D eigenvalue weighted by Crippen LogP contribution is -2.57. The monoisotopic (exact) mass is 379 g/mol. The number of carbonyl (C=O) groups is 1. The summed E-state index contributed by atoms with van der Waals surface area (Å²) in [5.74, 6) is -1.46. The molecule has 1 saturated heterocycles. The van der Waals surface area contributed by atoms with Crippen LogP contribution in [0.3, 0.4) is 0 Å². The highest BCUT2D eigenvalue weighted by atomic mass is 16.6. The Morgan fingerprint density at radius 2 is 2.04 bits per heavy atom. The molecule has 0 bridgehead atoms. The number of aliphatic hydroxyl groups is 3. The maximum atomic E-state index is 11.3. The third kappa shape index (κ3) is 3.62. The standard InChI is InChI=1S/C16H21N5O6/c1-7(2)3-4-17-13-8-14(19-5-18-8)21(6-20-13)15-11(24)9(22)10(23)12(27-15)16(25)26/h3,5-6,9-12,15,22-24H,4H2,1-2H3,(H,18,19)(H,25,26)/t9-,10-,11+,12-,15+/m0/s1. The fraction of sp³-hybridized carbons (Fsp3) is 0.500. The molecule has 0 aromatic carbocycles. The lowest BCUT2D eigenvalue weighted by atomic mass is 9.98. The number of H-pyrrole nitrogens is 1. The van der Waals surface area contributed by atoms with Crippen LogP contribution in [0.25, 0.3) is 11.2 Å². The quantitative estimate of drug-likeness (QED) is 0.408. The van der Waals surface area contributed by atoms with Gasteiger partial charge in [-0.1, -0.05) is 11.6 Å². The van der Waals surface area contributed by atoms with Gasteiger partial charge in [-0.15, -0.1) is 0 Å². The number of imidazole rings is 1. The van der Waals surface area contributed by atoms with E-state index in [0.717, 1.165) is 5.57 Å². The number of rotatable bonds is 4. The number of carboxylic acid groups (broad SMARTS) is 1. The van der Waals surface area contributed by atoms with Crippen molar-refractivity contribution < 1.29 is 30.0 Å². The van der Waals surface area contributed by atoms with Crippen molar-refractivity contribution in [2.75, 3.05) is 6.54 Å². The van der Waals surface area contributed by atoms with E-state index in [2.05, 4.69) is 19.9 Å². The largest absolute Gasteiger partial charge is 0.479 e. The van der Waals surface area contributed by atoms with E-state index in [1.807, 2.05) is 19.9 Å². The van der Waals surface area contributed by atoms with Crippen LogP contribution in [0.1, 0.15) is 20.1 Å². The highest BCUT2D eigenvalue weighted by Crippen LogP contribution is 2.29. The summed E-state index contributed by atoms with van der Waals surface area (Å²) < 4.78 is 6.62. The van der Waals surface area contributed by atoms with E-state index < -0.39 is 36.6 Å². The molecule has 0 radical (unpaired) electrons. The zero-order valence-electron chi connectivity index (χ0n) is 14.7. The van der Waals surface area contributed by atoms with Crippen LogP contribution in [-0.4, -0.2) is 76.9 Å². The van der Waals surface area contributed by atoms with Crippen LogP contribution in [0.4, 0.5) is 0 Å². The first kappa shape index (κ1) is 19.2. The number of hydrogen-bond donors (Lipinski definition) is 5. The van der Waals surface area contributed by atoms with Gasteiger partial charge < -0.3 is 30.1 Å². The molecular weight excluding hydrogens is 358 g/mol. The van der Waals surface area contributed by atoms with Crippen LogP contribution in [-0.2, 0) is 9.53 Å². The summed E-state index contributed by atoms with van der Waals surface area (Å²) in [4.78, 5) is 26.9. The molecule has 5 atom stereocenters. The molecule has 2 aromatic rings. The van der Waals surface area contributed by atoms with Crippen molar-refractivity contribution in [1.82, 2.24) is 19.5 Å². The molecule has 5 N–H and O–H groups in total. The lowest BCUT2D eigenvalue weighted by Gasteiger charge is -2.39. The Balaban J connectivity index is 2.03. The number of nitrogens with zero attached hydrogens (tertiary/aromatic N) is 4. The van der Waals surface area contributed by atoms with Gasteiger partial charge in [0.15, 0.2) is 23.5 Å². The molecule has 27 heavy (non-hydrogen) atoms. The van der Waals surface area contributed by atoms with Crippen molar-refractivity contribution in [2.24, 2.45) is 4.99 Å². The maximum Gasteiger partial charge on any atom is 0.335 e. The second-order valence-corrected chi connectivity index (χ2v) is 6.46. The fourth-order valence-corrected chi connectivity index (χ4v) is 2.80. The van der Waals surface area contributed by atoms with Crippen LogP contribution in [0.15, 0.2) is 29.3 Å². The molecule has 1 fully saturated rings. The predicted molar refractivity (Wildman–Crippen MR) is 91.3 cm³/mol. The molecule has 11 nitrogen and oxygen atoms in total. The molecule has 0 saturated carbocycles. The summed E-state index contributed by atoms with van der Waals surface area (Å²) in [5.41, 5.74) is 2.26. The summed E-state index contributed by atoms with van der Waals surface area (Å²) in [6, 6.07) is 0. The third-order valence-electron chi connectivity index (χ3n) is 4.24. The Morgan fingerprint density at radius 1 is 1.30 bits per heavy atom. The van der Waals surface area contributed by atoms with Crippen LogP contribution >= 0.6 is 0 Å². The number of aromatic amines is 1. The molecule has 2 aromatic heterocycles. The van der Waals surface area contributed by atoms with Crippen LogP contribution in [0, 0.1) is 0 Å². The zero-order valence-corrected chi connectivity index (χ0v) is 14.7. The Bertz CT molecular complexity index is 931. The van der Waals surface area contributed by atoms with Gasteiger partial charge in [-0.2, -0.15) is 0 Å². The van der Waals surface area contributed by atoms with Gasteiger partial charge >= 0.3 is 5.97 Å². The smallest absolute Gasteiger partial charge is 0.335 e. The minimum atomic E-state index is -1.77. The topological polar surface area (TPSA) is 166 Å². The van der Waals surface area contributed by atoms with Gasteiger partial charge in [0.1, 0.15) is 30.2 Å². The molecule has 146 valence electrons. The second kappa shape index (κ2) is 7.56. The van der Waals surface area contributed by atoms with Crippen molar-refractivity contribution in [1.29, 1.82) is 0 Å². The van der Waals surface area contributed by atoms with Gasteiger partial charge in [-0.05, 0) is 13.8 Å². The van der Waals surface area contributed by atoms with Crippen molar-refractivity contribution in [3.63, 3.8) is 0 Å². The SMILES string of the molecule is CC(C)=CCN=c1ncn([C@@H]2O[C@H](C(=O)O)[C@@H](O)[C@H](O)[C@H]2O)c2nc[nH]c12. The van der Waals surface area contributed by atoms with E-state index in [9.17, 15) is 25.2 Å². The summed E-state index contributed by atoms with van der Waals surface area (Å²) >= 11 is 0. The first-order valence-corrected chi connectivity index (χ1v) is 8.27. The Morgan fingerprint density at radius 3 is 2.70 bits per heavy atom. The number of carboxylic acids is 1. The van der Waals surface area contributed by atoms with Gasteiger partial charge in [-0.25, -0.2) is 14.8 Å². The van der Waals surface area contributed by atoms with Crippen molar-refractivity contribution in [3.8, 4) is 0 Å². The number of aliphatic hydroxyl groups excluding tert-OH is 3. The Kier molecular flexibility index (Phi) is 5.37. The average Bonchev–Trinajstić information content (AvgIpc) is 3.10. The second-order valence-electron chi connectivity index (χ2n) is 6.46. The number of ether oxygens (including phenoxy) is 1. The first-order chi connectivity index (χ1) is 12.8. The Labute approximate surface area is 153 Å². The van der Waals surface area contributed by atoms with Crippen molar-refractivity contribution in [3.05, 3.63) is 29.8 Å². The number of allylic oxidation sites excluding steroid dienone is 1. The van der Waals surface area contributed by atoms with Crippen LogP contribution in [0.5, 0.6) is 0 Å². The molecule has 11 heteroatoms. The predicted octanol–water partition coefficient (Wildman–Crippen LogP) is -1.31.